The number of hydrogen-bond acceptors (Lipinski definition) is 4. The van der Waals surface area contributed by atoms with E-state index in [1.165, 1.54) is 24.2 Å². The Morgan fingerprint density at radius 2 is 1.84 bits per heavy atom. The molecule has 2 aliphatic rings. The van der Waals surface area contributed by atoms with Gasteiger partial charge in [-0.25, -0.2) is 0 Å². The summed E-state index contributed by atoms with van der Waals surface area (Å²) < 4.78 is 5.44. The van der Waals surface area contributed by atoms with Crippen molar-refractivity contribution in [3.05, 3.63) is 24.3 Å². The lowest BCUT2D eigenvalue weighted by Crippen LogP contribution is -2.38. The van der Waals surface area contributed by atoms with Gasteiger partial charge in [0.1, 0.15) is 0 Å². The molecule has 19 heavy (non-hydrogen) atoms. The molecule has 4 nitrogen and oxygen atoms in total. The largest absolute Gasteiger partial charge is 0.381 e. The second-order valence-electron chi connectivity index (χ2n) is 5.29. The van der Waals surface area contributed by atoms with Gasteiger partial charge < -0.3 is 20.3 Å². The van der Waals surface area contributed by atoms with Crippen LogP contribution in [0.5, 0.6) is 0 Å². The second-order valence-corrected chi connectivity index (χ2v) is 5.29. The molecule has 0 atom stereocenters. The van der Waals surface area contributed by atoms with Crippen LogP contribution in [0.3, 0.4) is 0 Å². The second kappa shape index (κ2) is 6.26. The molecule has 0 saturated carbocycles. The topological polar surface area (TPSA) is 36.5 Å². The van der Waals surface area contributed by atoms with E-state index in [4.69, 9.17) is 4.74 Å². The Hall–Kier alpha value is -1.26. The molecule has 4 heteroatoms. The smallest absolute Gasteiger partial charge is 0.0642 e. The van der Waals surface area contributed by atoms with Gasteiger partial charge in [0, 0.05) is 19.1 Å². The van der Waals surface area contributed by atoms with Crippen LogP contribution < -0.4 is 15.5 Å². The number of nitrogens with zero attached hydrogens (tertiary/aromatic N) is 1. The molecule has 1 aromatic rings. The van der Waals surface area contributed by atoms with E-state index in [2.05, 4.69) is 39.8 Å². The van der Waals surface area contributed by atoms with Crippen molar-refractivity contribution >= 4 is 11.4 Å². The molecule has 3 rings (SSSR count). The summed E-state index contributed by atoms with van der Waals surface area (Å²) in [7, 11) is 0. The summed E-state index contributed by atoms with van der Waals surface area (Å²) in [5.74, 6) is 0. The van der Waals surface area contributed by atoms with Crippen LogP contribution in [-0.4, -0.2) is 45.4 Å². The average Bonchev–Trinajstić information content (AvgIpc) is 2.50. The summed E-state index contributed by atoms with van der Waals surface area (Å²) in [6.45, 7) is 5.90. The molecule has 0 spiro atoms. The first-order chi connectivity index (χ1) is 9.43. The van der Waals surface area contributed by atoms with Gasteiger partial charge in [-0.1, -0.05) is 12.1 Å². The zero-order valence-electron chi connectivity index (χ0n) is 11.4. The number of morpholine rings is 1. The Morgan fingerprint density at radius 3 is 2.63 bits per heavy atom. The standard InChI is InChI=1S/C15H23N3O/c1-2-4-15(18-9-11-19-12-10-18)14(3-1)17-13-5-7-16-8-6-13/h1-4,13,16-17H,5-12H2. The van der Waals surface area contributed by atoms with Crippen LogP contribution in [0.25, 0.3) is 0 Å². The highest BCUT2D eigenvalue weighted by Crippen LogP contribution is 2.27. The molecule has 0 bridgehead atoms. The van der Waals surface area contributed by atoms with Gasteiger partial charge in [-0.05, 0) is 38.1 Å². The van der Waals surface area contributed by atoms with Gasteiger partial charge in [0.2, 0.25) is 0 Å². The summed E-state index contributed by atoms with van der Waals surface area (Å²) in [6.07, 6.45) is 2.41. The van der Waals surface area contributed by atoms with Gasteiger partial charge in [0.05, 0.1) is 24.6 Å². The van der Waals surface area contributed by atoms with Gasteiger partial charge in [-0.2, -0.15) is 0 Å². The molecule has 0 unspecified atom stereocenters. The molecule has 2 aliphatic heterocycles. The molecule has 1 aromatic carbocycles. The molecule has 0 amide bonds. The van der Waals surface area contributed by atoms with Crippen molar-refractivity contribution < 1.29 is 4.74 Å². The lowest BCUT2D eigenvalue weighted by molar-refractivity contribution is 0.123. The third-order valence-electron chi connectivity index (χ3n) is 3.95. The van der Waals surface area contributed by atoms with Crippen molar-refractivity contribution in [1.82, 2.24) is 5.32 Å². The highest BCUT2D eigenvalue weighted by Gasteiger charge is 2.17. The molecule has 0 aliphatic carbocycles. The first kappa shape index (κ1) is 12.8. The predicted octanol–water partition coefficient (Wildman–Crippen LogP) is 1.69. The monoisotopic (exact) mass is 261 g/mol. The Morgan fingerprint density at radius 1 is 1.11 bits per heavy atom. The first-order valence-electron chi connectivity index (χ1n) is 7.32. The van der Waals surface area contributed by atoms with E-state index in [1.807, 2.05) is 0 Å². The summed E-state index contributed by atoms with van der Waals surface area (Å²) in [5.41, 5.74) is 2.60. The fourth-order valence-corrected chi connectivity index (χ4v) is 2.86. The lowest BCUT2D eigenvalue weighted by Gasteiger charge is -2.32. The maximum absolute atomic E-state index is 5.44. The van der Waals surface area contributed by atoms with Crippen LogP contribution >= 0.6 is 0 Å². The first-order valence-corrected chi connectivity index (χ1v) is 7.32. The number of para-hydroxylation sites is 2. The van der Waals surface area contributed by atoms with E-state index in [-0.39, 0.29) is 0 Å². The molecule has 2 heterocycles. The normalized spacial score (nSPS) is 21.4. The quantitative estimate of drug-likeness (QED) is 0.868. The van der Waals surface area contributed by atoms with Crippen LogP contribution in [0.1, 0.15) is 12.8 Å². The van der Waals surface area contributed by atoms with Gasteiger partial charge in [-0.15, -0.1) is 0 Å². The van der Waals surface area contributed by atoms with Gasteiger partial charge in [0.25, 0.3) is 0 Å². The van der Waals surface area contributed by atoms with Crippen molar-refractivity contribution in [3.8, 4) is 0 Å². The van der Waals surface area contributed by atoms with E-state index >= 15 is 0 Å². The fourth-order valence-electron chi connectivity index (χ4n) is 2.86. The number of rotatable bonds is 3. The third kappa shape index (κ3) is 3.19. The summed E-state index contributed by atoms with van der Waals surface area (Å²) in [5, 5.41) is 7.14. The summed E-state index contributed by atoms with van der Waals surface area (Å²) >= 11 is 0. The van der Waals surface area contributed by atoms with Crippen LogP contribution in [0.4, 0.5) is 11.4 Å². The minimum absolute atomic E-state index is 0.600. The van der Waals surface area contributed by atoms with E-state index in [0.29, 0.717) is 6.04 Å². The lowest BCUT2D eigenvalue weighted by atomic mass is 10.1. The predicted molar refractivity (Wildman–Crippen MR) is 79.0 cm³/mol. The van der Waals surface area contributed by atoms with Crippen molar-refractivity contribution in [2.75, 3.05) is 49.6 Å². The third-order valence-corrected chi connectivity index (χ3v) is 3.95. The van der Waals surface area contributed by atoms with Crippen LogP contribution in [0, 0.1) is 0 Å². The zero-order valence-corrected chi connectivity index (χ0v) is 11.4. The number of piperidine rings is 1. The Bertz CT molecular complexity index is 398. The number of benzene rings is 1. The maximum atomic E-state index is 5.44. The number of hydrogen-bond donors (Lipinski definition) is 2. The zero-order chi connectivity index (χ0) is 12.9. The van der Waals surface area contributed by atoms with Gasteiger partial charge in [-0.3, -0.25) is 0 Å². The van der Waals surface area contributed by atoms with Crippen LogP contribution in [-0.2, 0) is 4.74 Å². The average molecular weight is 261 g/mol. The fraction of sp³-hybridized carbons (Fsp3) is 0.600. The Kier molecular flexibility index (Phi) is 4.20. The maximum Gasteiger partial charge on any atom is 0.0642 e. The molecular formula is C15H23N3O. The number of nitrogens with one attached hydrogen (secondary N) is 2. The minimum atomic E-state index is 0.600. The van der Waals surface area contributed by atoms with E-state index in [0.717, 1.165) is 39.4 Å². The van der Waals surface area contributed by atoms with Crippen molar-refractivity contribution in [2.24, 2.45) is 0 Å². The number of anilines is 2. The highest BCUT2D eigenvalue weighted by atomic mass is 16.5. The van der Waals surface area contributed by atoms with Crippen LogP contribution in [0.15, 0.2) is 24.3 Å². The number of ether oxygens (including phenoxy) is 1. The Balaban J connectivity index is 1.72. The molecule has 0 aromatic heterocycles. The molecule has 2 N–H and O–H groups in total. The van der Waals surface area contributed by atoms with Crippen molar-refractivity contribution in [3.63, 3.8) is 0 Å². The molecular weight excluding hydrogens is 238 g/mol. The molecule has 0 radical (unpaired) electrons. The highest BCUT2D eigenvalue weighted by molar-refractivity contribution is 5.70. The van der Waals surface area contributed by atoms with Gasteiger partial charge >= 0.3 is 0 Å². The van der Waals surface area contributed by atoms with Crippen LogP contribution in [0.2, 0.25) is 0 Å². The molecule has 2 saturated heterocycles. The van der Waals surface area contributed by atoms with E-state index in [1.54, 1.807) is 0 Å². The summed E-state index contributed by atoms with van der Waals surface area (Å²) in [4.78, 5) is 2.42. The van der Waals surface area contributed by atoms with Gasteiger partial charge in [0.15, 0.2) is 0 Å². The van der Waals surface area contributed by atoms with Crippen molar-refractivity contribution in [2.45, 2.75) is 18.9 Å². The van der Waals surface area contributed by atoms with E-state index < -0.39 is 0 Å². The summed E-state index contributed by atoms with van der Waals surface area (Å²) in [6, 6.07) is 9.26. The SMILES string of the molecule is c1ccc(N2CCOCC2)c(NC2CCNCC2)c1. The molecule has 2 fully saturated rings. The Labute approximate surface area is 115 Å². The van der Waals surface area contributed by atoms with Crippen molar-refractivity contribution in [1.29, 1.82) is 0 Å². The van der Waals surface area contributed by atoms with E-state index in [9.17, 15) is 0 Å². The minimum Gasteiger partial charge on any atom is -0.381 e. The molecule has 104 valence electrons.